The van der Waals surface area contributed by atoms with Crippen molar-refractivity contribution in [2.75, 3.05) is 26.4 Å². The van der Waals surface area contributed by atoms with Crippen molar-refractivity contribution in [3.8, 4) is 11.5 Å². The number of ether oxygens (including phenoxy) is 2. The average Bonchev–Trinajstić information content (AvgIpc) is 3.13. The van der Waals surface area contributed by atoms with Gasteiger partial charge in [-0.15, -0.1) is 0 Å². The second kappa shape index (κ2) is 6.25. The molecular weight excluding hydrogens is 284 g/mol. The highest BCUT2D eigenvalue weighted by molar-refractivity contribution is 5.85. The molecule has 2 amide bonds. The van der Waals surface area contributed by atoms with Crippen molar-refractivity contribution < 1.29 is 19.1 Å². The standard InChI is InChI=1S/C16H20N2O4/c1-2-17(16(20)10-18-7-3-4-15(18)19)9-12-5-6-13-14(8-12)22-11-21-13/h5-6,8H,2-4,7,9-11H2,1H3. The minimum absolute atomic E-state index is 0.0181. The summed E-state index contributed by atoms with van der Waals surface area (Å²) in [6.07, 6.45) is 1.40. The van der Waals surface area contributed by atoms with Crippen molar-refractivity contribution in [3.63, 3.8) is 0 Å². The van der Waals surface area contributed by atoms with Crippen molar-refractivity contribution in [1.82, 2.24) is 9.80 Å². The number of carbonyl (C=O) groups is 2. The van der Waals surface area contributed by atoms with Crippen LogP contribution in [0.1, 0.15) is 25.3 Å². The van der Waals surface area contributed by atoms with Gasteiger partial charge in [-0.1, -0.05) is 6.07 Å². The molecule has 1 aromatic carbocycles. The van der Waals surface area contributed by atoms with Crippen molar-refractivity contribution in [2.45, 2.75) is 26.3 Å². The molecule has 0 bridgehead atoms. The number of likely N-dealkylation sites (tertiary alicyclic amines) is 1. The first kappa shape index (κ1) is 14.7. The summed E-state index contributed by atoms with van der Waals surface area (Å²) in [5, 5.41) is 0. The van der Waals surface area contributed by atoms with Gasteiger partial charge in [0.15, 0.2) is 11.5 Å². The van der Waals surface area contributed by atoms with E-state index in [4.69, 9.17) is 9.47 Å². The molecule has 118 valence electrons. The summed E-state index contributed by atoms with van der Waals surface area (Å²) in [4.78, 5) is 27.4. The first-order valence-electron chi connectivity index (χ1n) is 7.61. The highest BCUT2D eigenvalue weighted by Gasteiger charge is 2.24. The summed E-state index contributed by atoms with van der Waals surface area (Å²) >= 11 is 0. The van der Waals surface area contributed by atoms with Crippen LogP contribution in [0.3, 0.4) is 0 Å². The zero-order chi connectivity index (χ0) is 15.5. The molecule has 0 saturated carbocycles. The number of benzene rings is 1. The maximum absolute atomic E-state index is 12.4. The lowest BCUT2D eigenvalue weighted by atomic mass is 10.2. The molecule has 22 heavy (non-hydrogen) atoms. The summed E-state index contributed by atoms with van der Waals surface area (Å²) in [5.41, 5.74) is 0.993. The maximum atomic E-state index is 12.4. The topological polar surface area (TPSA) is 59.1 Å². The van der Waals surface area contributed by atoms with Gasteiger partial charge in [0.05, 0.1) is 6.54 Å². The molecule has 1 saturated heterocycles. The Kier molecular flexibility index (Phi) is 4.18. The van der Waals surface area contributed by atoms with E-state index in [1.54, 1.807) is 9.80 Å². The smallest absolute Gasteiger partial charge is 0.242 e. The molecule has 1 fully saturated rings. The number of nitrogens with zero attached hydrogens (tertiary/aromatic N) is 2. The Morgan fingerprint density at radius 2 is 2.14 bits per heavy atom. The molecule has 0 aliphatic carbocycles. The Bertz CT molecular complexity index is 588. The minimum Gasteiger partial charge on any atom is -0.454 e. The summed E-state index contributed by atoms with van der Waals surface area (Å²) in [5.74, 6) is 1.51. The maximum Gasteiger partial charge on any atom is 0.242 e. The van der Waals surface area contributed by atoms with Crippen molar-refractivity contribution in [2.24, 2.45) is 0 Å². The SMILES string of the molecule is CCN(Cc1ccc2c(c1)OCO2)C(=O)CN1CCCC1=O. The fraction of sp³-hybridized carbons (Fsp3) is 0.500. The molecular formula is C16H20N2O4. The van der Waals surface area contributed by atoms with Crippen LogP contribution in [-0.2, 0) is 16.1 Å². The largest absolute Gasteiger partial charge is 0.454 e. The zero-order valence-electron chi connectivity index (χ0n) is 12.7. The molecule has 0 radical (unpaired) electrons. The van der Waals surface area contributed by atoms with Gasteiger partial charge >= 0.3 is 0 Å². The summed E-state index contributed by atoms with van der Waals surface area (Å²) in [6, 6.07) is 5.70. The van der Waals surface area contributed by atoms with Crippen LogP contribution in [0.2, 0.25) is 0 Å². The first-order chi connectivity index (χ1) is 10.7. The van der Waals surface area contributed by atoms with Crippen LogP contribution >= 0.6 is 0 Å². The summed E-state index contributed by atoms with van der Waals surface area (Å²) in [7, 11) is 0. The van der Waals surface area contributed by atoms with Crippen LogP contribution in [0.25, 0.3) is 0 Å². The van der Waals surface area contributed by atoms with Crippen LogP contribution < -0.4 is 9.47 Å². The number of fused-ring (bicyclic) bond motifs is 1. The van der Waals surface area contributed by atoms with Crippen LogP contribution in [-0.4, -0.2) is 48.0 Å². The van der Waals surface area contributed by atoms with Gasteiger partial charge in [0, 0.05) is 26.1 Å². The van der Waals surface area contributed by atoms with Crippen LogP contribution in [0.5, 0.6) is 11.5 Å². The van der Waals surface area contributed by atoms with Gasteiger partial charge in [-0.25, -0.2) is 0 Å². The average molecular weight is 304 g/mol. The quantitative estimate of drug-likeness (QED) is 0.825. The summed E-state index contributed by atoms with van der Waals surface area (Å²) in [6.45, 7) is 4.16. The van der Waals surface area contributed by atoms with E-state index < -0.39 is 0 Å². The van der Waals surface area contributed by atoms with E-state index in [2.05, 4.69) is 0 Å². The van der Waals surface area contributed by atoms with Crippen LogP contribution in [0.15, 0.2) is 18.2 Å². The molecule has 2 aliphatic rings. The lowest BCUT2D eigenvalue weighted by Crippen LogP contribution is -2.40. The second-order valence-corrected chi connectivity index (χ2v) is 5.51. The number of carbonyl (C=O) groups excluding carboxylic acids is 2. The minimum atomic E-state index is -0.0181. The molecule has 0 N–H and O–H groups in total. The predicted molar refractivity (Wildman–Crippen MR) is 79.5 cm³/mol. The summed E-state index contributed by atoms with van der Waals surface area (Å²) < 4.78 is 10.6. The second-order valence-electron chi connectivity index (χ2n) is 5.51. The lowest BCUT2D eigenvalue weighted by molar-refractivity contribution is -0.138. The molecule has 2 aliphatic heterocycles. The molecule has 0 spiro atoms. The molecule has 6 heteroatoms. The molecule has 0 atom stereocenters. The molecule has 2 heterocycles. The fourth-order valence-electron chi connectivity index (χ4n) is 2.77. The van der Waals surface area contributed by atoms with E-state index in [0.29, 0.717) is 26.1 Å². The number of likely N-dealkylation sites (N-methyl/N-ethyl adjacent to an activating group) is 1. The van der Waals surface area contributed by atoms with Gasteiger partial charge in [0.25, 0.3) is 0 Å². The molecule has 3 rings (SSSR count). The van der Waals surface area contributed by atoms with Gasteiger partial charge in [-0.3, -0.25) is 9.59 Å². The Hall–Kier alpha value is -2.24. The molecule has 6 nitrogen and oxygen atoms in total. The number of hydrogen-bond donors (Lipinski definition) is 0. The zero-order valence-corrected chi connectivity index (χ0v) is 12.7. The highest BCUT2D eigenvalue weighted by Crippen LogP contribution is 2.32. The number of hydrogen-bond acceptors (Lipinski definition) is 4. The number of amides is 2. The highest BCUT2D eigenvalue weighted by atomic mass is 16.7. The normalized spacial score (nSPS) is 16.2. The van der Waals surface area contributed by atoms with E-state index in [1.165, 1.54) is 0 Å². The Labute approximate surface area is 129 Å². The van der Waals surface area contributed by atoms with Gasteiger partial charge in [0.2, 0.25) is 18.6 Å². The van der Waals surface area contributed by atoms with Gasteiger partial charge < -0.3 is 19.3 Å². The Morgan fingerprint density at radius 3 is 2.86 bits per heavy atom. The van der Waals surface area contributed by atoms with E-state index in [1.807, 2.05) is 25.1 Å². The van der Waals surface area contributed by atoms with Gasteiger partial charge in [-0.2, -0.15) is 0 Å². The van der Waals surface area contributed by atoms with Gasteiger partial charge in [-0.05, 0) is 31.0 Å². The van der Waals surface area contributed by atoms with Crippen LogP contribution in [0, 0.1) is 0 Å². The predicted octanol–water partition coefficient (Wildman–Crippen LogP) is 1.39. The van der Waals surface area contributed by atoms with E-state index in [-0.39, 0.29) is 25.2 Å². The van der Waals surface area contributed by atoms with Crippen molar-refractivity contribution in [3.05, 3.63) is 23.8 Å². The monoisotopic (exact) mass is 304 g/mol. The fourth-order valence-corrected chi connectivity index (χ4v) is 2.77. The third-order valence-corrected chi connectivity index (χ3v) is 4.04. The van der Waals surface area contributed by atoms with Crippen molar-refractivity contribution >= 4 is 11.8 Å². The molecule has 0 unspecified atom stereocenters. The Balaban J connectivity index is 1.63. The Morgan fingerprint density at radius 1 is 1.32 bits per heavy atom. The molecule has 0 aromatic heterocycles. The van der Waals surface area contributed by atoms with Crippen molar-refractivity contribution in [1.29, 1.82) is 0 Å². The van der Waals surface area contributed by atoms with Crippen LogP contribution in [0.4, 0.5) is 0 Å². The first-order valence-corrected chi connectivity index (χ1v) is 7.61. The molecule has 1 aromatic rings. The van der Waals surface area contributed by atoms with E-state index in [9.17, 15) is 9.59 Å². The number of rotatable bonds is 5. The van der Waals surface area contributed by atoms with Gasteiger partial charge in [0.1, 0.15) is 0 Å². The third kappa shape index (κ3) is 3.00. The lowest BCUT2D eigenvalue weighted by Gasteiger charge is -2.24. The third-order valence-electron chi connectivity index (χ3n) is 4.04. The van der Waals surface area contributed by atoms with E-state index >= 15 is 0 Å². The van der Waals surface area contributed by atoms with E-state index in [0.717, 1.165) is 23.5 Å².